The molecule has 1 saturated carbocycles. The molecule has 0 aromatic carbocycles. The van der Waals surface area contributed by atoms with E-state index < -0.39 is 0 Å². The van der Waals surface area contributed by atoms with E-state index in [-0.39, 0.29) is 0 Å². The minimum Gasteiger partial charge on any atom is -0.315 e. The van der Waals surface area contributed by atoms with Gasteiger partial charge in [0.15, 0.2) is 0 Å². The third kappa shape index (κ3) is 4.29. The highest BCUT2D eigenvalue weighted by Gasteiger charge is 2.25. The molecule has 3 heteroatoms. The molecule has 1 atom stereocenters. The van der Waals surface area contributed by atoms with Gasteiger partial charge in [-0.3, -0.25) is 9.88 Å². The molecule has 3 nitrogen and oxygen atoms in total. The van der Waals surface area contributed by atoms with Crippen LogP contribution in [0.1, 0.15) is 44.0 Å². The highest BCUT2D eigenvalue weighted by Crippen LogP contribution is 2.28. The van der Waals surface area contributed by atoms with Crippen molar-refractivity contribution in [3.05, 3.63) is 29.6 Å². The van der Waals surface area contributed by atoms with E-state index >= 15 is 0 Å². The normalized spacial score (nSPS) is 17.8. The van der Waals surface area contributed by atoms with Gasteiger partial charge in [-0.25, -0.2) is 0 Å². The molecule has 1 fully saturated rings. The molecule has 112 valence electrons. The van der Waals surface area contributed by atoms with E-state index in [1.807, 2.05) is 0 Å². The van der Waals surface area contributed by atoms with Gasteiger partial charge in [0.25, 0.3) is 0 Å². The molecule has 1 aromatic heterocycles. The van der Waals surface area contributed by atoms with Crippen molar-refractivity contribution in [2.75, 3.05) is 20.1 Å². The fourth-order valence-electron chi connectivity index (χ4n) is 3.34. The second-order valence-corrected chi connectivity index (χ2v) is 6.04. The Morgan fingerprint density at radius 2 is 2.10 bits per heavy atom. The lowest BCUT2D eigenvalue weighted by Crippen LogP contribution is -2.43. The molecule has 1 unspecified atom stereocenters. The second-order valence-electron chi connectivity index (χ2n) is 6.04. The molecule has 1 N–H and O–H groups in total. The monoisotopic (exact) mass is 275 g/mol. The smallest absolute Gasteiger partial charge is 0.0547 e. The number of rotatable bonds is 7. The van der Waals surface area contributed by atoms with Gasteiger partial charge in [-0.15, -0.1) is 0 Å². The van der Waals surface area contributed by atoms with E-state index in [0.29, 0.717) is 6.04 Å². The summed E-state index contributed by atoms with van der Waals surface area (Å²) < 4.78 is 0. The minimum absolute atomic E-state index is 0.627. The van der Waals surface area contributed by atoms with Crippen LogP contribution >= 0.6 is 0 Å². The molecule has 0 bridgehead atoms. The standard InChI is InChI=1S/C17H29N3/c1-4-20(12-16-11-7-8-14(2)19-16)13-17(18-3)15-9-5-6-10-15/h7-8,11,15,17-18H,4-6,9-10,12-13H2,1-3H3. The lowest BCUT2D eigenvalue weighted by atomic mass is 9.97. The largest absolute Gasteiger partial charge is 0.315 e. The van der Waals surface area contributed by atoms with Crippen LogP contribution in [0.3, 0.4) is 0 Å². The summed E-state index contributed by atoms with van der Waals surface area (Å²) in [7, 11) is 2.11. The third-order valence-corrected chi connectivity index (χ3v) is 4.57. The summed E-state index contributed by atoms with van der Waals surface area (Å²) in [5.41, 5.74) is 2.30. The molecule has 2 rings (SSSR count). The van der Waals surface area contributed by atoms with Crippen molar-refractivity contribution >= 4 is 0 Å². The Hall–Kier alpha value is -0.930. The number of nitrogens with zero attached hydrogens (tertiary/aromatic N) is 2. The summed E-state index contributed by atoms with van der Waals surface area (Å²) in [6, 6.07) is 6.94. The number of likely N-dealkylation sites (N-methyl/N-ethyl adjacent to an activating group) is 2. The van der Waals surface area contributed by atoms with Crippen molar-refractivity contribution in [1.82, 2.24) is 15.2 Å². The van der Waals surface area contributed by atoms with Crippen LogP contribution in [0.4, 0.5) is 0 Å². The molecule has 0 saturated heterocycles. The SMILES string of the molecule is CCN(Cc1cccc(C)n1)CC(NC)C1CCCC1. The minimum atomic E-state index is 0.627. The van der Waals surface area contributed by atoms with Crippen LogP contribution in [0.25, 0.3) is 0 Å². The fraction of sp³-hybridized carbons (Fsp3) is 0.706. The summed E-state index contributed by atoms with van der Waals surface area (Å²) in [6.07, 6.45) is 5.61. The first-order valence-electron chi connectivity index (χ1n) is 8.05. The topological polar surface area (TPSA) is 28.2 Å². The van der Waals surface area contributed by atoms with Crippen LogP contribution in [-0.4, -0.2) is 36.1 Å². The maximum atomic E-state index is 4.63. The first kappa shape index (κ1) is 15.5. The molecule has 0 aliphatic heterocycles. The highest BCUT2D eigenvalue weighted by atomic mass is 15.1. The molecular formula is C17H29N3. The van der Waals surface area contributed by atoms with Crippen molar-refractivity contribution in [3.63, 3.8) is 0 Å². The van der Waals surface area contributed by atoms with Gasteiger partial charge < -0.3 is 5.32 Å². The Labute approximate surface area is 123 Å². The maximum Gasteiger partial charge on any atom is 0.0547 e. The van der Waals surface area contributed by atoms with Crippen molar-refractivity contribution in [1.29, 1.82) is 0 Å². The number of nitrogens with one attached hydrogen (secondary N) is 1. The van der Waals surface area contributed by atoms with Gasteiger partial charge in [0, 0.05) is 24.8 Å². The van der Waals surface area contributed by atoms with Crippen molar-refractivity contribution in [3.8, 4) is 0 Å². The van der Waals surface area contributed by atoms with Gasteiger partial charge in [-0.05, 0) is 51.4 Å². The molecule has 0 amide bonds. The summed E-state index contributed by atoms with van der Waals surface area (Å²) in [5, 5.41) is 3.54. The zero-order chi connectivity index (χ0) is 14.4. The average molecular weight is 275 g/mol. The number of hydrogen-bond donors (Lipinski definition) is 1. The molecule has 1 aliphatic rings. The molecule has 1 heterocycles. The van der Waals surface area contributed by atoms with Crippen LogP contribution in [-0.2, 0) is 6.54 Å². The number of aryl methyl sites for hydroxylation is 1. The van der Waals surface area contributed by atoms with Crippen LogP contribution in [0.2, 0.25) is 0 Å². The highest BCUT2D eigenvalue weighted by molar-refractivity contribution is 5.09. The Bertz CT molecular complexity index is 399. The maximum absolute atomic E-state index is 4.63. The Morgan fingerprint density at radius 1 is 1.35 bits per heavy atom. The quantitative estimate of drug-likeness (QED) is 0.829. The summed E-state index contributed by atoms with van der Waals surface area (Å²) >= 11 is 0. The van der Waals surface area contributed by atoms with E-state index in [0.717, 1.165) is 31.2 Å². The zero-order valence-electron chi connectivity index (χ0n) is 13.2. The lowest BCUT2D eigenvalue weighted by molar-refractivity contribution is 0.213. The van der Waals surface area contributed by atoms with Gasteiger partial charge in [0.1, 0.15) is 0 Å². The molecular weight excluding hydrogens is 246 g/mol. The predicted octanol–water partition coefficient (Wildman–Crippen LogP) is 2.99. The Morgan fingerprint density at radius 3 is 2.70 bits per heavy atom. The fourth-order valence-corrected chi connectivity index (χ4v) is 3.34. The number of pyridine rings is 1. The first-order chi connectivity index (χ1) is 9.72. The zero-order valence-corrected chi connectivity index (χ0v) is 13.2. The van der Waals surface area contributed by atoms with Crippen molar-refractivity contribution < 1.29 is 0 Å². The molecule has 1 aromatic rings. The van der Waals surface area contributed by atoms with Gasteiger partial charge >= 0.3 is 0 Å². The number of aromatic nitrogens is 1. The van der Waals surface area contributed by atoms with Gasteiger partial charge in [0.05, 0.1) is 5.69 Å². The molecule has 20 heavy (non-hydrogen) atoms. The van der Waals surface area contributed by atoms with E-state index in [1.54, 1.807) is 0 Å². The number of hydrogen-bond acceptors (Lipinski definition) is 3. The molecule has 0 radical (unpaired) electrons. The summed E-state index contributed by atoms with van der Waals surface area (Å²) in [5.74, 6) is 0.861. The van der Waals surface area contributed by atoms with Gasteiger partial charge in [-0.1, -0.05) is 25.8 Å². The van der Waals surface area contributed by atoms with Crippen molar-refractivity contribution in [2.24, 2.45) is 5.92 Å². The van der Waals surface area contributed by atoms with Crippen molar-refractivity contribution in [2.45, 2.75) is 52.1 Å². The average Bonchev–Trinajstić information content (AvgIpc) is 2.97. The van der Waals surface area contributed by atoms with Gasteiger partial charge in [0.2, 0.25) is 0 Å². The van der Waals surface area contributed by atoms with Crippen LogP contribution in [0.15, 0.2) is 18.2 Å². The summed E-state index contributed by atoms with van der Waals surface area (Å²) in [4.78, 5) is 7.14. The Kier molecular flexibility index (Phi) is 5.99. The lowest BCUT2D eigenvalue weighted by Gasteiger charge is -2.29. The van der Waals surface area contributed by atoms with E-state index in [9.17, 15) is 0 Å². The van der Waals surface area contributed by atoms with E-state index in [2.05, 4.69) is 54.3 Å². The van der Waals surface area contributed by atoms with E-state index in [1.165, 1.54) is 31.4 Å². The predicted molar refractivity (Wildman–Crippen MR) is 84.7 cm³/mol. The van der Waals surface area contributed by atoms with Crippen LogP contribution < -0.4 is 5.32 Å². The second kappa shape index (κ2) is 7.75. The van der Waals surface area contributed by atoms with E-state index in [4.69, 9.17) is 0 Å². The van der Waals surface area contributed by atoms with Gasteiger partial charge in [-0.2, -0.15) is 0 Å². The van der Waals surface area contributed by atoms with Crippen LogP contribution in [0.5, 0.6) is 0 Å². The van der Waals surface area contributed by atoms with Crippen LogP contribution in [0, 0.1) is 12.8 Å². The summed E-state index contributed by atoms with van der Waals surface area (Å²) in [6.45, 7) is 7.49. The molecule has 0 spiro atoms. The first-order valence-corrected chi connectivity index (χ1v) is 8.05. The third-order valence-electron chi connectivity index (χ3n) is 4.57. The molecule has 1 aliphatic carbocycles. The Balaban J connectivity index is 1.93.